The van der Waals surface area contributed by atoms with Gasteiger partial charge in [-0.15, -0.1) is 0 Å². The lowest BCUT2D eigenvalue weighted by molar-refractivity contribution is -0.120. The Hall–Kier alpha value is -1.88. The number of hydrogen-bond acceptors (Lipinski definition) is 3. The van der Waals surface area contributed by atoms with E-state index in [0.29, 0.717) is 5.92 Å². The van der Waals surface area contributed by atoms with Crippen LogP contribution in [0.4, 0.5) is 5.69 Å². The Bertz CT molecular complexity index is 577. The van der Waals surface area contributed by atoms with Crippen molar-refractivity contribution >= 4 is 22.5 Å². The fourth-order valence-electron chi connectivity index (χ4n) is 2.46. The monoisotopic (exact) mass is 244 g/mol. The zero-order valence-electron chi connectivity index (χ0n) is 10.2. The summed E-state index contributed by atoms with van der Waals surface area (Å²) in [6.07, 6.45) is 1.75. The third kappa shape index (κ3) is 1.86. The fourth-order valence-corrected chi connectivity index (χ4v) is 2.46. The zero-order valence-corrected chi connectivity index (χ0v) is 10.2. The number of aromatic amines is 1. The van der Waals surface area contributed by atoms with Crippen LogP contribution in [0.25, 0.3) is 10.9 Å². The Morgan fingerprint density at radius 3 is 3.11 bits per heavy atom. The topological polar surface area (TPSA) is 69.8 Å². The van der Waals surface area contributed by atoms with Gasteiger partial charge in [0.05, 0.1) is 23.3 Å². The number of benzene rings is 1. The van der Waals surface area contributed by atoms with E-state index in [0.717, 1.165) is 29.7 Å². The summed E-state index contributed by atoms with van der Waals surface area (Å²) in [6.45, 7) is 3.76. The van der Waals surface area contributed by atoms with Crippen molar-refractivity contribution in [1.29, 1.82) is 0 Å². The first-order chi connectivity index (χ1) is 8.75. The maximum absolute atomic E-state index is 12.2. The molecule has 3 N–H and O–H groups in total. The number of nitrogens with zero attached hydrogens (tertiary/aromatic N) is 1. The molecule has 0 unspecified atom stereocenters. The van der Waals surface area contributed by atoms with Crippen LogP contribution in [0.5, 0.6) is 0 Å². The Morgan fingerprint density at radius 1 is 1.44 bits per heavy atom. The van der Waals surface area contributed by atoms with Crippen molar-refractivity contribution in [2.45, 2.75) is 6.92 Å². The molecule has 2 aromatic rings. The molecular weight excluding hydrogens is 228 g/mol. The van der Waals surface area contributed by atoms with Crippen LogP contribution in [0.1, 0.15) is 6.92 Å². The van der Waals surface area contributed by atoms with Gasteiger partial charge in [0.25, 0.3) is 0 Å². The average molecular weight is 244 g/mol. The highest BCUT2D eigenvalue weighted by atomic mass is 16.1. The highest BCUT2D eigenvalue weighted by Gasteiger charge is 2.29. The third-order valence-corrected chi connectivity index (χ3v) is 3.59. The first-order valence-corrected chi connectivity index (χ1v) is 6.19. The average Bonchev–Trinajstić information content (AvgIpc) is 2.97. The van der Waals surface area contributed by atoms with Crippen molar-refractivity contribution < 1.29 is 4.79 Å². The Balaban J connectivity index is 1.84. The SMILES string of the molecule is C[C@@H]1CNC[C@H]1C(=O)Nc1cccc2cn[nH]c12. The molecule has 0 bridgehead atoms. The van der Waals surface area contributed by atoms with Crippen molar-refractivity contribution in [3.63, 3.8) is 0 Å². The van der Waals surface area contributed by atoms with Crippen LogP contribution in [0.3, 0.4) is 0 Å². The number of amides is 1. The largest absolute Gasteiger partial charge is 0.324 e. The number of aromatic nitrogens is 2. The number of nitrogens with one attached hydrogen (secondary N) is 3. The van der Waals surface area contributed by atoms with Gasteiger partial charge in [0, 0.05) is 11.9 Å². The van der Waals surface area contributed by atoms with E-state index in [9.17, 15) is 4.79 Å². The lowest BCUT2D eigenvalue weighted by Crippen LogP contribution is -2.27. The normalized spacial score (nSPS) is 23.4. The molecule has 18 heavy (non-hydrogen) atoms. The molecule has 5 heteroatoms. The van der Waals surface area contributed by atoms with Crippen LogP contribution >= 0.6 is 0 Å². The van der Waals surface area contributed by atoms with Gasteiger partial charge < -0.3 is 10.6 Å². The van der Waals surface area contributed by atoms with Crippen LogP contribution in [-0.4, -0.2) is 29.2 Å². The minimum Gasteiger partial charge on any atom is -0.324 e. The van der Waals surface area contributed by atoms with Gasteiger partial charge in [0.1, 0.15) is 0 Å². The molecule has 1 aromatic carbocycles. The molecule has 5 nitrogen and oxygen atoms in total. The zero-order chi connectivity index (χ0) is 12.5. The van der Waals surface area contributed by atoms with E-state index in [2.05, 4.69) is 27.8 Å². The van der Waals surface area contributed by atoms with E-state index < -0.39 is 0 Å². The Kier molecular flexibility index (Phi) is 2.76. The molecule has 1 amide bonds. The lowest BCUT2D eigenvalue weighted by Gasteiger charge is -2.14. The summed E-state index contributed by atoms with van der Waals surface area (Å²) in [7, 11) is 0. The summed E-state index contributed by atoms with van der Waals surface area (Å²) < 4.78 is 0. The second-order valence-corrected chi connectivity index (χ2v) is 4.87. The maximum atomic E-state index is 12.2. The van der Waals surface area contributed by atoms with Crippen molar-refractivity contribution in [2.75, 3.05) is 18.4 Å². The first kappa shape index (κ1) is 11.2. The highest BCUT2D eigenvalue weighted by Crippen LogP contribution is 2.23. The molecule has 0 radical (unpaired) electrons. The number of anilines is 1. The summed E-state index contributed by atoms with van der Waals surface area (Å²) in [4.78, 5) is 12.2. The van der Waals surface area contributed by atoms with E-state index in [-0.39, 0.29) is 11.8 Å². The molecule has 94 valence electrons. The number of hydrogen-bond donors (Lipinski definition) is 3. The van der Waals surface area contributed by atoms with Crippen molar-refractivity contribution in [2.24, 2.45) is 11.8 Å². The van der Waals surface area contributed by atoms with Gasteiger partial charge in [-0.2, -0.15) is 5.10 Å². The molecule has 0 spiro atoms. The van der Waals surface area contributed by atoms with Crippen LogP contribution in [0.15, 0.2) is 24.4 Å². The van der Waals surface area contributed by atoms with E-state index in [1.165, 1.54) is 0 Å². The van der Waals surface area contributed by atoms with E-state index in [1.54, 1.807) is 6.20 Å². The van der Waals surface area contributed by atoms with Gasteiger partial charge in [-0.1, -0.05) is 19.1 Å². The molecule has 3 rings (SSSR count). The quantitative estimate of drug-likeness (QED) is 0.747. The van der Waals surface area contributed by atoms with Gasteiger partial charge in [-0.05, 0) is 18.5 Å². The van der Waals surface area contributed by atoms with Crippen LogP contribution in [0.2, 0.25) is 0 Å². The second kappa shape index (κ2) is 4.42. The molecule has 2 heterocycles. The fraction of sp³-hybridized carbons (Fsp3) is 0.385. The van der Waals surface area contributed by atoms with E-state index in [4.69, 9.17) is 0 Å². The molecule has 0 aliphatic carbocycles. The second-order valence-electron chi connectivity index (χ2n) is 4.87. The summed E-state index contributed by atoms with van der Waals surface area (Å²) in [5, 5.41) is 14.1. The third-order valence-electron chi connectivity index (χ3n) is 3.59. The summed E-state index contributed by atoms with van der Waals surface area (Å²) in [6, 6.07) is 5.78. The standard InChI is InChI=1S/C13H16N4O/c1-8-5-14-7-10(8)13(18)16-11-4-2-3-9-6-15-17-12(9)11/h2-4,6,8,10,14H,5,7H2,1H3,(H,15,17)(H,16,18)/t8-,10-/m1/s1. The number of fused-ring (bicyclic) bond motifs is 1. The van der Waals surface area contributed by atoms with Crippen molar-refractivity contribution in [1.82, 2.24) is 15.5 Å². The van der Waals surface area contributed by atoms with Gasteiger partial charge in [0.15, 0.2) is 0 Å². The van der Waals surface area contributed by atoms with Gasteiger partial charge in [-0.3, -0.25) is 9.89 Å². The van der Waals surface area contributed by atoms with Gasteiger partial charge in [0.2, 0.25) is 5.91 Å². The molecule has 1 aromatic heterocycles. The number of para-hydroxylation sites is 1. The number of carbonyl (C=O) groups excluding carboxylic acids is 1. The number of carbonyl (C=O) groups is 1. The predicted molar refractivity (Wildman–Crippen MR) is 70.2 cm³/mol. The summed E-state index contributed by atoms with van der Waals surface area (Å²) >= 11 is 0. The molecule has 1 saturated heterocycles. The van der Waals surface area contributed by atoms with Crippen molar-refractivity contribution in [3.8, 4) is 0 Å². The minimum absolute atomic E-state index is 0.0446. The van der Waals surface area contributed by atoms with Crippen molar-refractivity contribution in [3.05, 3.63) is 24.4 Å². The Labute approximate surface area is 105 Å². The van der Waals surface area contributed by atoms with E-state index >= 15 is 0 Å². The lowest BCUT2D eigenvalue weighted by atomic mass is 9.97. The molecule has 1 aliphatic heterocycles. The molecule has 1 aliphatic rings. The minimum atomic E-state index is 0.0446. The summed E-state index contributed by atoms with van der Waals surface area (Å²) in [5.41, 5.74) is 1.68. The Morgan fingerprint density at radius 2 is 2.33 bits per heavy atom. The summed E-state index contributed by atoms with van der Waals surface area (Å²) in [5.74, 6) is 0.503. The molecular formula is C13H16N4O. The maximum Gasteiger partial charge on any atom is 0.229 e. The van der Waals surface area contributed by atoms with Gasteiger partial charge >= 0.3 is 0 Å². The highest BCUT2D eigenvalue weighted by molar-refractivity contribution is 6.01. The van der Waals surface area contributed by atoms with Gasteiger partial charge in [-0.25, -0.2) is 0 Å². The predicted octanol–water partition coefficient (Wildman–Crippen LogP) is 1.36. The van der Waals surface area contributed by atoms with Crippen LogP contribution in [-0.2, 0) is 4.79 Å². The smallest absolute Gasteiger partial charge is 0.229 e. The molecule has 2 atom stereocenters. The number of H-pyrrole nitrogens is 1. The molecule has 0 saturated carbocycles. The van der Waals surface area contributed by atoms with Crippen LogP contribution < -0.4 is 10.6 Å². The van der Waals surface area contributed by atoms with Crippen LogP contribution in [0, 0.1) is 11.8 Å². The first-order valence-electron chi connectivity index (χ1n) is 6.19. The molecule has 1 fully saturated rings. The number of rotatable bonds is 2. The van der Waals surface area contributed by atoms with E-state index in [1.807, 2.05) is 18.2 Å².